The molecule has 6 nitrogen and oxygen atoms in total. The van der Waals surface area contributed by atoms with Crippen LogP contribution in [-0.2, 0) is 11.2 Å². The highest BCUT2D eigenvalue weighted by atomic mass is 79.9. The monoisotopic (exact) mass is 495 g/mol. The number of para-hydroxylation sites is 1. The molecule has 1 heterocycles. The van der Waals surface area contributed by atoms with Crippen molar-refractivity contribution in [2.24, 2.45) is 0 Å². The standard InChI is InChI=1S/C25H26BrN3O3/c1-4-16(2)32-24-21(26)12-17(13-23(24)31-3)11-19(14-27)25(30)28-10-9-18-15-29-22-8-6-5-7-20(18)22/h5-8,11-13,15-16,29H,4,9-10H2,1-3H3,(H,28,30)/b19-11-/t16-/m0/s1. The number of nitriles is 1. The number of ether oxygens (including phenoxy) is 2. The van der Waals surface area contributed by atoms with Crippen molar-refractivity contribution in [3.8, 4) is 17.6 Å². The molecule has 0 aliphatic heterocycles. The maximum absolute atomic E-state index is 12.6. The number of carbonyl (C=O) groups excluding carboxylic acids is 1. The summed E-state index contributed by atoms with van der Waals surface area (Å²) in [6.45, 7) is 4.45. The summed E-state index contributed by atoms with van der Waals surface area (Å²) in [5.74, 6) is 0.714. The largest absolute Gasteiger partial charge is 0.493 e. The van der Waals surface area contributed by atoms with E-state index in [1.807, 2.05) is 50.4 Å². The molecule has 0 saturated heterocycles. The minimum absolute atomic E-state index is 0.0217. The highest BCUT2D eigenvalue weighted by Gasteiger charge is 2.15. The van der Waals surface area contributed by atoms with Crippen LogP contribution in [0.25, 0.3) is 17.0 Å². The van der Waals surface area contributed by atoms with Crippen molar-refractivity contribution in [2.45, 2.75) is 32.8 Å². The Morgan fingerprint density at radius 2 is 2.12 bits per heavy atom. The van der Waals surface area contributed by atoms with Gasteiger partial charge in [0.2, 0.25) is 0 Å². The fourth-order valence-electron chi connectivity index (χ4n) is 3.28. The number of nitrogens with zero attached hydrogens (tertiary/aromatic N) is 1. The van der Waals surface area contributed by atoms with Crippen LogP contribution in [-0.4, -0.2) is 30.6 Å². The maximum Gasteiger partial charge on any atom is 0.261 e. The first kappa shape index (κ1) is 23.4. The van der Waals surface area contributed by atoms with Crippen LogP contribution >= 0.6 is 15.9 Å². The van der Waals surface area contributed by atoms with Crippen LogP contribution < -0.4 is 14.8 Å². The molecule has 0 aliphatic rings. The molecule has 7 heteroatoms. The number of H-pyrrole nitrogens is 1. The summed E-state index contributed by atoms with van der Waals surface area (Å²) in [5.41, 5.74) is 2.86. The molecule has 0 saturated carbocycles. The summed E-state index contributed by atoms with van der Waals surface area (Å²) in [6.07, 6.45) is 5.04. The third kappa shape index (κ3) is 5.51. The van der Waals surface area contributed by atoms with Gasteiger partial charge in [0.05, 0.1) is 17.7 Å². The van der Waals surface area contributed by atoms with Crippen molar-refractivity contribution in [2.75, 3.05) is 13.7 Å². The van der Waals surface area contributed by atoms with Crippen molar-refractivity contribution in [3.63, 3.8) is 0 Å². The Morgan fingerprint density at radius 3 is 2.84 bits per heavy atom. The fraction of sp³-hybridized carbons (Fsp3) is 0.280. The van der Waals surface area contributed by atoms with Crippen molar-refractivity contribution in [3.05, 3.63) is 63.8 Å². The van der Waals surface area contributed by atoms with Crippen LogP contribution in [0.1, 0.15) is 31.4 Å². The molecule has 32 heavy (non-hydrogen) atoms. The molecule has 0 fully saturated rings. The Balaban J connectivity index is 1.71. The summed E-state index contributed by atoms with van der Waals surface area (Å²) in [7, 11) is 1.56. The van der Waals surface area contributed by atoms with E-state index in [2.05, 4.69) is 26.2 Å². The minimum atomic E-state index is -0.414. The summed E-state index contributed by atoms with van der Waals surface area (Å²) in [5, 5.41) is 13.5. The molecule has 1 atom stereocenters. The van der Waals surface area contributed by atoms with Gasteiger partial charge in [0.1, 0.15) is 11.6 Å². The summed E-state index contributed by atoms with van der Waals surface area (Å²) in [6, 6.07) is 13.6. The Bertz CT molecular complexity index is 1180. The minimum Gasteiger partial charge on any atom is -0.493 e. The second kappa shape index (κ2) is 10.9. The zero-order chi connectivity index (χ0) is 23.1. The van der Waals surface area contributed by atoms with Crippen molar-refractivity contribution < 1.29 is 14.3 Å². The van der Waals surface area contributed by atoms with Crippen LogP contribution in [0.15, 0.2) is 52.6 Å². The van der Waals surface area contributed by atoms with E-state index in [1.165, 1.54) is 0 Å². The van der Waals surface area contributed by atoms with Gasteiger partial charge in [0.25, 0.3) is 5.91 Å². The lowest BCUT2D eigenvalue weighted by molar-refractivity contribution is -0.117. The van der Waals surface area contributed by atoms with E-state index in [0.29, 0.717) is 34.5 Å². The molecule has 166 valence electrons. The van der Waals surface area contributed by atoms with Crippen molar-refractivity contribution in [1.29, 1.82) is 5.26 Å². The Hall–Kier alpha value is -3.24. The molecular formula is C25H26BrN3O3. The molecule has 1 aromatic heterocycles. The van der Waals surface area contributed by atoms with Gasteiger partial charge in [-0.15, -0.1) is 0 Å². The number of halogens is 1. The van der Waals surface area contributed by atoms with Crippen LogP contribution in [0.3, 0.4) is 0 Å². The van der Waals surface area contributed by atoms with Gasteiger partial charge in [-0.05, 0) is 71.1 Å². The third-order valence-corrected chi connectivity index (χ3v) is 5.77. The molecule has 3 aromatic rings. The smallest absolute Gasteiger partial charge is 0.261 e. The topological polar surface area (TPSA) is 87.1 Å². The average molecular weight is 496 g/mol. The van der Waals surface area contributed by atoms with E-state index in [9.17, 15) is 10.1 Å². The molecule has 2 aromatic carbocycles. The lowest BCUT2D eigenvalue weighted by Crippen LogP contribution is -2.26. The first-order valence-electron chi connectivity index (χ1n) is 10.5. The van der Waals surface area contributed by atoms with Crippen molar-refractivity contribution in [1.82, 2.24) is 10.3 Å². The quantitative estimate of drug-likeness (QED) is 0.308. The lowest BCUT2D eigenvalue weighted by Gasteiger charge is -2.17. The number of rotatable bonds is 9. The summed E-state index contributed by atoms with van der Waals surface area (Å²) < 4.78 is 12.1. The number of hydrogen-bond acceptors (Lipinski definition) is 4. The SMILES string of the molecule is CC[C@H](C)Oc1c(Br)cc(/C=C(/C#N)C(=O)NCCc2c[nH]c3ccccc23)cc1OC. The molecule has 2 N–H and O–H groups in total. The zero-order valence-corrected chi connectivity index (χ0v) is 20.0. The number of fused-ring (bicyclic) bond motifs is 1. The van der Waals surface area contributed by atoms with Crippen molar-refractivity contribution >= 4 is 38.8 Å². The zero-order valence-electron chi connectivity index (χ0n) is 18.4. The van der Waals surface area contributed by atoms with E-state index < -0.39 is 5.91 Å². The normalized spacial score (nSPS) is 12.3. The van der Waals surface area contributed by atoms with Crippen LogP contribution in [0.2, 0.25) is 0 Å². The number of nitrogens with one attached hydrogen (secondary N) is 2. The molecule has 0 radical (unpaired) electrons. The fourth-order valence-corrected chi connectivity index (χ4v) is 3.83. The predicted molar refractivity (Wildman–Crippen MR) is 130 cm³/mol. The maximum atomic E-state index is 12.6. The molecule has 0 spiro atoms. The number of carbonyl (C=O) groups is 1. The van der Waals surface area contributed by atoms with Gasteiger partial charge in [0, 0.05) is 23.6 Å². The molecular weight excluding hydrogens is 470 g/mol. The first-order valence-corrected chi connectivity index (χ1v) is 11.2. The second-order valence-corrected chi connectivity index (χ2v) is 8.26. The molecule has 1 amide bonds. The van der Waals surface area contributed by atoms with Gasteiger partial charge >= 0.3 is 0 Å². The van der Waals surface area contributed by atoms with Gasteiger partial charge in [-0.1, -0.05) is 25.1 Å². The molecule has 0 unspecified atom stereocenters. The van der Waals surface area contributed by atoms with E-state index in [1.54, 1.807) is 25.3 Å². The van der Waals surface area contributed by atoms with Gasteiger partial charge < -0.3 is 19.8 Å². The predicted octanol–water partition coefficient (Wildman–Crippen LogP) is 5.38. The average Bonchev–Trinajstić information content (AvgIpc) is 3.21. The number of aromatic amines is 1. The number of hydrogen-bond donors (Lipinski definition) is 2. The molecule has 0 aliphatic carbocycles. The van der Waals surface area contributed by atoms with Gasteiger partial charge in [-0.3, -0.25) is 4.79 Å². The van der Waals surface area contributed by atoms with Crippen LogP contribution in [0, 0.1) is 11.3 Å². The Morgan fingerprint density at radius 1 is 1.34 bits per heavy atom. The van der Waals surface area contributed by atoms with Crippen LogP contribution in [0.4, 0.5) is 0 Å². The highest BCUT2D eigenvalue weighted by Crippen LogP contribution is 2.38. The second-order valence-electron chi connectivity index (χ2n) is 7.41. The van der Waals surface area contributed by atoms with Gasteiger partial charge in [0.15, 0.2) is 11.5 Å². The van der Waals surface area contributed by atoms with E-state index in [4.69, 9.17) is 9.47 Å². The van der Waals surface area contributed by atoms with Gasteiger partial charge in [-0.25, -0.2) is 0 Å². The number of benzene rings is 2. The Kier molecular flexibility index (Phi) is 7.96. The summed E-state index contributed by atoms with van der Waals surface area (Å²) in [4.78, 5) is 15.8. The summed E-state index contributed by atoms with van der Waals surface area (Å²) >= 11 is 3.51. The first-order chi connectivity index (χ1) is 15.5. The number of amides is 1. The van der Waals surface area contributed by atoms with E-state index >= 15 is 0 Å². The lowest BCUT2D eigenvalue weighted by atomic mass is 10.1. The van der Waals surface area contributed by atoms with E-state index in [-0.39, 0.29) is 11.7 Å². The number of methoxy groups -OCH3 is 1. The van der Waals surface area contributed by atoms with Gasteiger partial charge in [-0.2, -0.15) is 5.26 Å². The third-order valence-electron chi connectivity index (χ3n) is 5.18. The van der Waals surface area contributed by atoms with Crippen LogP contribution in [0.5, 0.6) is 11.5 Å². The molecule has 0 bridgehead atoms. The Labute approximate surface area is 196 Å². The number of aromatic nitrogens is 1. The molecule has 3 rings (SSSR count). The van der Waals surface area contributed by atoms with E-state index in [0.717, 1.165) is 22.9 Å². The highest BCUT2D eigenvalue weighted by molar-refractivity contribution is 9.10.